The fourth-order valence-electron chi connectivity index (χ4n) is 2.78. The number of rotatable bonds is 18. The van der Waals surface area contributed by atoms with E-state index in [4.69, 9.17) is 6.11 Å². The number of ether oxygens (including phenoxy) is 1. The van der Waals surface area contributed by atoms with Crippen molar-refractivity contribution < 1.29 is 11.2 Å². The van der Waals surface area contributed by atoms with Crippen molar-refractivity contribution in [1.82, 2.24) is 0 Å². The summed E-state index contributed by atoms with van der Waals surface area (Å²) in [7, 11) is 0.272. The summed E-state index contributed by atoms with van der Waals surface area (Å²) in [5.74, 6) is 3.07. The lowest BCUT2D eigenvalue weighted by molar-refractivity contribution is 0.0465. The quantitative estimate of drug-likeness (QED) is 0.268. The molecule has 2 unspecified atom stereocenters. The summed E-state index contributed by atoms with van der Waals surface area (Å²) in [5, 5.41) is 10.0. The summed E-state index contributed by atoms with van der Waals surface area (Å²) < 4.78 is 12.9. The Morgan fingerprint density at radius 2 is 1.52 bits per heavy atom. The van der Waals surface area contributed by atoms with Crippen molar-refractivity contribution in [2.45, 2.75) is 97.5 Å². The predicted octanol–water partition coefficient (Wildman–Crippen LogP) is 5.33. The largest absolute Gasteiger partial charge is 0.386 e. The van der Waals surface area contributed by atoms with Crippen molar-refractivity contribution in [3.05, 3.63) is 0 Å². The number of aliphatic hydroxyl groups is 1. The first-order chi connectivity index (χ1) is 11.7. The highest BCUT2D eigenvalue weighted by Crippen LogP contribution is 2.10. The molecule has 2 nitrogen and oxygen atoms in total. The maximum atomic E-state index is 10.0. The zero-order valence-electron chi connectivity index (χ0n) is 16.9. The molecule has 2 atom stereocenters. The van der Waals surface area contributed by atoms with Gasteiger partial charge in [-0.15, -0.1) is 0 Å². The van der Waals surface area contributed by atoms with Gasteiger partial charge in [0, 0.05) is 7.98 Å². The molecule has 23 heavy (non-hydrogen) atoms. The lowest BCUT2D eigenvalue weighted by Crippen LogP contribution is -2.28. The molecule has 3 heteroatoms. The van der Waals surface area contributed by atoms with Gasteiger partial charge in [-0.3, -0.25) is 0 Å². The Morgan fingerprint density at radius 1 is 0.913 bits per heavy atom. The lowest BCUT2D eigenvalue weighted by atomic mass is 10.1. The van der Waals surface area contributed by atoms with Crippen LogP contribution in [0, 0.1) is 0 Å². The topological polar surface area (TPSA) is 29.5 Å². The van der Waals surface area contributed by atoms with Crippen LogP contribution in [0.15, 0.2) is 0 Å². The highest BCUT2D eigenvalue weighted by Gasteiger charge is 2.19. The molecule has 0 aliphatic rings. The van der Waals surface area contributed by atoms with Crippen LogP contribution in [0.25, 0.3) is 0 Å². The Kier molecular flexibility index (Phi) is 17.2. The van der Waals surface area contributed by atoms with Crippen molar-refractivity contribution in [2.24, 2.45) is 0 Å². The van der Waals surface area contributed by atoms with Crippen LogP contribution >= 0.6 is 0 Å². The van der Waals surface area contributed by atoms with Gasteiger partial charge in [-0.2, -0.15) is 0 Å². The first-order valence-corrected chi connectivity index (χ1v) is 11.7. The monoisotopic (exact) mass is 348 g/mol. The van der Waals surface area contributed by atoms with E-state index in [0.717, 1.165) is 36.7 Å². The maximum Gasteiger partial charge on any atom is 0.136 e. The molecule has 0 aromatic rings. The van der Waals surface area contributed by atoms with Crippen LogP contribution in [0.1, 0.15) is 92.7 Å². The third-order valence-electron chi connectivity index (χ3n) is 4.22. The molecule has 0 saturated carbocycles. The van der Waals surface area contributed by atoms with Gasteiger partial charge in [0.05, 0.1) is 6.61 Å². The smallest absolute Gasteiger partial charge is 0.136 e. The van der Waals surface area contributed by atoms with Crippen molar-refractivity contribution in [1.29, 1.82) is 0 Å². The predicted molar refractivity (Wildman–Crippen MR) is 107 cm³/mol. The fourth-order valence-corrected chi connectivity index (χ4v) is 4.52. The van der Waals surface area contributed by atoms with Gasteiger partial charge in [0.1, 0.15) is 23.4 Å². The average molecular weight is 349 g/mol. The number of hydrogen-bond acceptors (Lipinski definition) is 2. The summed E-state index contributed by atoms with van der Waals surface area (Å²) in [6.07, 6.45) is 14.1. The standard InChI is InChI=1S/C20H43O2S/c1-4-7-8-9-10-11-12-13-14-15-16-22-18-20(21)19-23(6-3)17-5-2/h20-21H,4-19H2,1-3H3/q+1/i2D. The van der Waals surface area contributed by atoms with E-state index in [-0.39, 0.29) is 17.0 Å². The summed E-state index contributed by atoms with van der Waals surface area (Å²) in [6.45, 7) is 6.24. The first-order valence-electron chi connectivity index (χ1n) is 10.6. The number of hydrogen-bond donors (Lipinski definition) is 1. The van der Waals surface area contributed by atoms with E-state index in [1.165, 1.54) is 57.8 Å². The van der Waals surface area contributed by atoms with Gasteiger partial charge < -0.3 is 9.84 Å². The van der Waals surface area contributed by atoms with Gasteiger partial charge in [0.15, 0.2) is 0 Å². The second-order valence-electron chi connectivity index (χ2n) is 6.54. The molecule has 0 aliphatic carbocycles. The minimum Gasteiger partial charge on any atom is -0.386 e. The first kappa shape index (κ1) is 21.3. The summed E-state index contributed by atoms with van der Waals surface area (Å²) in [4.78, 5) is 0. The SMILES string of the molecule is [2H]CCC[S+](CC)CC(O)COCCCCCCCCCCCC. The van der Waals surface area contributed by atoms with Gasteiger partial charge >= 0.3 is 0 Å². The maximum absolute atomic E-state index is 10.0. The van der Waals surface area contributed by atoms with Crippen molar-refractivity contribution in [3.63, 3.8) is 0 Å². The molecular weight excluding hydrogens is 304 g/mol. The van der Waals surface area contributed by atoms with E-state index in [0.29, 0.717) is 13.5 Å². The normalized spacial score (nSPS) is 14.7. The summed E-state index contributed by atoms with van der Waals surface area (Å²) in [6, 6.07) is 0. The minimum atomic E-state index is -0.317. The summed E-state index contributed by atoms with van der Waals surface area (Å²) in [5.41, 5.74) is 0. The molecule has 0 saturated heterocycles. The van der Waals surface area contributed by atoms with Gasteiger partial charge in [-0.05, 0) is 30.7 Å². The van der Waals surface area contributed by atoms with Crippen LogP contribution in [0.4, 0.5) is 0 Å². The van der Waals surface area contributed by atoms with E-state index in [9.17, 15) is 5.11 Å². The second kappa shape index (κ2) is 18.6. The molecule has 0 bridgehead atoms. The van der Waals surface area contributed by atoms with E-state index in [2.05, 4.69) is 13.8 Å². The highest BCUT2D eigenvalue weighted by atomic mass is 32.2. The molecule has 0 aromatic carbocycles. The minimum absolute atomic E-state index is 0.272. The average Bonchev–Trinajstić information content (AvgIpc) is 2.59. The van der Waals surface area contributed by atoms with Crippen LogP contribution in [-0.4, -0.2) is 41.7 Å². The third kappa shape index (κ3) is 16.9. The van der Waals surface area contributed by atoms with Gasteiger partial charge in [-0.1, -0.05) is 71.6 Å². The van der Waals surface area contributed by atoms with E-state index < -0.39 is 0 Å². The van der Waals surface area contributed by atoms with Crippen LogP contribution in [-0.2, 0) is 15.6 Å². The third-order valence-corrected chi connectivity index (χ3v) is 6.76. The summed E-state index contributed by atoms with van der Waals surface area (Å²) >= 11 is 0. The van der Waals surface area contributed by atoms with Gasteiger partial charge in [0.25, 0.3) is 0 Å². The molecule has 140 valence electrons. The van der Waals surface area contributed by atoms with Crippen molar-refractivity contribution >= 4 is 10.9 Å². The van der Waals surface area contributed by atoms with Crippen LogP contribution in [0.5, 0.6) is 0 Å². The zero-order chi connectivity index (χ0) is 17.9. The van der Waals surface area contributed by atoms with Gasteiger partial charge in [0.2, 0.25) is 0 Å². The highest BCUT2D eigenvalue weighted by molar-refractivity contribution is 7.96. The molecule has 0 spiro atoms. The number of unbranched alkanes of at least 4 members (excludes halogenated alkanes) is 9. The Bertz CT molecular complexity index is 242. The lowest BCUT2D eigenvalue weighted by Gasteiger charge is -2.12. The molecule has 1 N–H and O–H groups in total. The van der Waals surface area contributed by atoms with Crippen LogP contribution in [0.2, 0.25) is 0 Å². The molecule has 0 fully saturated rings. The molecule has 0 amide bonds. The van der Waals surface area contributed by atoms with Crippen molar-refractivity contribution in [2.75, 3.05) is 30.5 Å². The van der Waals surface area contributed by atoms with E-state index in [1.54, 1.807) is 0 Å². The second-order valence-corrected chi connectivity index (χ2v) is 9.08. The van der Waals surface area contributed by atoms with Gasteiger partial charge in [-0.25, -0.2) is 0 Å². The fraction of sp³-hybridized carbons (Fsp3) is 1.00. The Hall–Kier alpha value is 0.270. The van der Waals surface area contributed by atoms with E-state index in [1.807, 2.05) is 0 Å². The Balaban J connectivity index is 3.30. The van der Waals surface area contributed by atoms with E-state index >= 15 is 0 Å². The Labute approximate surface area is 150 Å². The Morgan fingerprint density at radius 3 is 2.09 bits per heavy atom. The van der Waals surface area contributed by atoms with Crippen LogP contribution in [0.3, 0.4) is 0 Å². The number of aliphatic hydroxyl groups excluding tert-OH is 1. The molecular formula is C20H43O2S+. The molecule has 0 aliphatic heterocycles. The molecule has 0 rings (SSSR count). The zero-order valence-corrected chi connectivity index (χ0v) is 16.7. The molecule has 0 aromatic heterocycles. The van der Waals surface area contributed by atoms with Crippen molar-refractivity contribution in [3.8, 4) is 0 Å². The molecule has 0 radical (unpaired) electrons. The van der Waals surface area contributed by atoms with Crippen LogP contribution < -0.4 is 0 Å². The molecule has 0 heterocycles.